The molecule has 0 saturated heterocycles. The molecule has 86 valence electrons. The van der Waals surface area contributed by atoms with Crippen molar-refractivity contribution in [2.45, 2.75) is 24.9 Å². The predicted molar refractivity (Wildman–Crippen MR) is 69.6 cm³/mol. The van der Waals surface area contributed by atoms with Crippen LogP contribution in [0.2, 0.25) is 0 Å². The van der Waals surface area contributed by atoms with Gasteiger partial charge in [-0.3, -0.25) is 0 Å². The van der Waals surface area contributed by atoms with Crippen molar-refractivity contribution < 1.29 is 5.11 Å². The Hall–Kier alpha value is -1.60. The Balaban J connectivity index is 2.11. The number of rotatable bonds is 2. The summed E-state index contributed by atoms with van der Waals surface area (Å²) in [5.74, 6) is 0. The van der Waals surface area contributed by atoms with Crippen LogP contribution in [0.25, 0.3) is 11.1 Å². The van der Waals surface area contributed by atoms with Crippen molar-refractivity contribution in [2.75, 3.05) is 0 Å². The maximum Gasteiger partial charge on any atom is 0.0902 e. The van der Waals surface area contributed by atoms with Gasteiger partial charge in [0.1, 0.15) is 0 Å². The third-order valence-electron chi connectivity index (χ3n) is 3.69. The molecule has 2 aromatic carbocycles. The largest absolute Gasteiger partial charge is 0.385 e. The molecule has 0 bridgehead atoms. The van der Waals surface area contributed by atoms with Gasteiger partial charge in [-0.15, -0.1) is 0 Å². The number of aliphatic hydroxyl groups is 1. The van der Waals surface area contributed by atoms with Gasteiger partial charge in [0, 0.05) is 0 Å². The summed E-state index contributed by atoms with van der Waals surface area (Å²) in [5.41, 5.74) is 2.84. The standard InChI is InChI=1S/C16H16O/c17-16(11-6-12-16)15-10-5-4-9-14(15)13-7-2-1-3-8-13/h1-5,7-10,17H,6,11-12H2. The average molecular weight is 224 g/mol. The Morgan fingerprint density at radius 2 is 1.47 bits per heavy atom. The zero-order valence-corrected chi connectivity index (χ0v) is 9.76. The second-order valence-electron chi connectivity index (χ2n) is 4.80. The molecule has 0 aromatic heterocycles. The van der Waals surface area contributed by atoms with Gasteiger partial charge in [0.15, 0.2) is 0 Å². The van der Waals surface area contributed by atoms with Gasteiger partial charge < -0.3 is 5.11 Å². The normalized spacial score (nSPS) is 17.5. The molecule has 2 aromatic rings. The Labute approximate surface area is 102 Å². The van der Waals surface area contributed by atoms with E-state index in [9.17, 15) is 5.11 Å². The molecule has 1 fully saturated rings. The predicted octanol–water partition coefficient (Wildman–Crippen LogP) is 3.73. The van der Waals surface area contributed by atoms with Gasteiger partial charge in [0.25, 0.3) is 0 Å². The smallest absolute Gasteiger partial charge is 0.0902 e. The van der Waals surface area contributed by atoms with Crippen LogP contribution in [0.4, 0.5) is 0 Å². The Bertz CT molecular complexity index is 512. The molecule has 1 nitrogen and oxygen atoms in total. The molecular weight excluding hydrogens is 208 g/mol. The highest BCUT2D eigenvalue weighted by Gasteiger charge is 2.37. The fraction of sp³-hybridized carbons (Fsp3) is 0.250. The molecule has 0 radical (unpaired) electrons. The van der Waals surface area contributed by atoms with Gasteiger partial charge in [-0.25, -0.2) is 0 Å². The van der Waals surface area contributed by atoms with E-state index in [0.717, 1.165) is 30.4 Å². The summed E-state index contributed by atoms with van der Waals surface area (Å²) >= 11 is 0. The van der Waals surface area contributed by atoms with E-state index < -0.39 is 5.60 Å². The van der Waals surface area contributed by atoms with Gasteiger partial charge >= 0.3 is 0 Å². The minimum absolute atomic E-state index is 0.591. The summed E-state index contributed by atoms with van der Waals surface area (Å²) in [6, 6.07) is 18.5. The molecule has 1 aliphatic carbocycles. The SMILES string of the molecule is OC1(c2ccccc2-c2ccccc2)CCC1. The molecule has 17 heavy (non-hydrogen) atoms. The molecule has 3 rings (SSSR count). The maximum absolute atomic E-state index is 10.5. The molecule has 0 heterocycles. The molecule has 0 unspecified atom stereocenters. The zero-order chi connectivity index (χ0) is 11.7. The third-order valence-corrected chi connectivity index (χ3v) is 3.69. The maximum atomic E-state index is 10.5. The first-order valence-corrected chi connectivity index (χ1v) is 6.17. The van der Waals surface area contributed by atoms with E-state index in [1.54, 1.807) is 0 Å². The lowest BCUT2D eigenvalue weighted by Gasteiger charge is -2.38. The lowest BCUT2D eigenvalue weighted by Crippen LogP contribution is -2.34. The summed E-state index contributed by atoms with van der Waals surface area (Å²) in [7, 11) is 0. The summed E-state index contributed by atoms with van der Waals surface area (Å²) in [6.07, 6.45) is 2.90. The van der Waals surface area contributed by atoms with E-state index in [1.807, 2.05) is 30.3 Å². The zero-order valence-electron chi connectivity index (χ0n) is 9.76. The molecule has 0 atom stereocenters. The first-order valence-electron chi connectivity index (χ1n) is 6.17. The summed E-state index contributed by atoms with van der Waals surface area (Å²) in [5, 5.41) is 10.5. The number of hydrogen-bond donors (Lipinski definition) is 1. The Morgan fingerprint density at radius 1 is 0.824 bits per heavy atom. The first kappa shape index (κ1) is 10.5. The molecule has 1 aliphatic rings. The van der Waals surface area contributed by atoms with E-state index >= 15 is 0 Å². The summed E-state index contributed by atoms with van der Waals surface area (Å²) in [6.45, 7) is 0. The van der Waals surface area contributed by atoms with E-state index in [0.29, 0.717) is 0 Å². The van der Waals surface area contributed by atoms with Gasteiger partial charge in [-0.2, -0.15) is 0 Å². The van der Waals surface area contributed by atoms with Gasteiger partial charge in [-0.05, 0) is 36.0 Å². The molecule has 1 N–H and O–H groups in total. The third kappa shape index (κ3) is 1.77. The van der Waals surface area contributed by atoms with Crippen LogP contribution in [0.5, 0.6) is 0 Å². The second-order valence-corrected chi connectivity index (χ2v) is 4.80. The van der Waals surface area contributed by atoms with Crippen LogP contribution in [-0.2, 0) is 5.60 Å². The van der Waals surface area contributed by atoms with Crippen LogP contribution in [0, 0.1) is 0 Å². The fourth-order valence-electron chi connectivity index (χ4n) is 2.54. The van der Waals surface area contributed by atoms with Crippen LogP contribution in [0.3, 0.4) is 0 Å². The highest BCUT2D eigenvalue weighted by molar-refractivity contribution is 5.68. The lowest BCUT2D eigenvalue weighted by molar-refractivity contribution is -0.0382. The van der Waals surface area contributed by atoms with Crippen molar-refractivity contribution in [3.63, 3.8) is 0 Å². The van der Waals surface area contributed by atoms with Gasteiger partial charge in [0.2, 0.25) is 0 Å². The minimum Gasteiger partial charge on any atom is -0.385 e. The van der Waals surface area contributed by atoms with E-state index in [1.165, 1.54) is 5.56 Å². The van der Waals surface area contributed by atoms with Crippen molar-refractivity contribution >= 4 is 0 Å². The summed E-state index contributed by atoms with van der Waals surface area (Å²) < 4.78 is 0. The van der Waals surface area contributed by atoms with Crippen LogP contribution in [-0.4, -0.2) is 5.11 Å². The highest BCUT2D eigenvalue weighted by atomic mass is 16.3. The molecule has 1 heteroatoms. The van der Waals surface area contributed by atoms with Crippen LogP contribution in [0.15, 0.2) is 54.6 Å². The van der Waals surface area contributed by atoms with Crippen molar-refractivity contribution in [1.82, 2.24) is 0 Å². The van der Waals surface area contributed by atoms with Crippen LogP contribution >= 0.6 is 0 Å². The topological polar surface area (TPSA) is 20.2 Å². The second kappa shape index (κ2) is 4.01. The van der Waals surface area contributed by atoms with E-state index in [2.05, 4.69) is 24.3 Å². The highest BCUT2D eigenvalue weighted by Crippen LogP contribution is 2.44. The first-order chi connectivity index (χ1) is 8.30. The average Bonchev–Trinajstić information content (AvgIpc) is 2.37. The molecular formula is C16H16O. The van der Waals surface area contributed by atoms with Gasteiger partial charge in [-0.1, -0.05) is 54.6 Å². The van der Waals surface area contributed by atoms with Crippen molar-refractivity contribution in [1.29, 1.82) is 0 Å². The molecule has 0 amide bonds. The van der Waals surface area contributed by atoms with Crippen LogP contribution < -0.4 is 0 Å². The van der Waals surface area contributed by atoms with Crippen molar-refractivity contribution in [3.8, 4) is 11.1 Å². The number of benzene rings is 2. The minimum atomic E-state index is -0.591. The molecule has 0 spiro atoms. The molecule has 0 aliphatic heterocycles. The lowest BCUT2D eigenvalue weighted by atomic mass is 9.73. The fourth-order valence-corrected chi connectivity index (χ4v) is 2.54. The number of hydrogen-bond acceptors (Lipinski definition) is 1. The van der Waals surface area contributed by atoms with E-state index in [4.69, 9.17) is 0 Å². The van der Waals surface area contributed by atoms with Crippen molar-refractivity contribution in [2.24, 2.45) is 0 Å². The van der Waals surface area contributed by atoms with Crippen molar-refractivity contribution in [3.05, 3.63) is 60.2 Å². The molecule has 1 saturated carbocycles. The van der Waals surface area contributed by atoms with Crippen LogP contribution in [0.1, 0.15) is 24.8 Å². The van der Waals surface area contributed by atoms with E-state index in [-0.39, 0.29) is 0 Å². The summed E-state index contributed by atoms with van der Waals surface area (Å²) in [4.78, 5) is 0. The monoisotopic (exact) mass is 224 g/mol. The Kier molecular flexibility index (Phi) is 2.49. The quantitative estimate of drug-likeness (QED) is 0.824. The Morgan fingerprint density at radius 3 is 2.12 bits per heavy atom. The van der Waals surface area contributed by atoms with Gasteiger partial charge in [0.05, 0.1) is 5.60 Å².